The Kier molecular flexibility index (Phi) is 15.9. The molecule has 2 aromatic carbocycles. The lowest BCUT2D eigenvalue weighted by atomic mass is 10.0. The summed E-state index contributed by atoms with van der Waals surface area (Å²) >= 11 is 0. The zero-order valence-corrected chi connectivity index (χ0v) is 23.4. The minimum Gasteiger partial charge on any atom is -0.444 e. The number of carbonyl (C=O) groups excluding carboxylic acids is 1. The first kappa shape index (κ1) is 32.6. The monoisotopic (exact) mass is 489 g/mol. The summed E-state index contributed by atoms with van der Waals surface area (Å²) < 4.78 is 19.6. The number of halogens is 1. The van der Waals surface area contributed by atoms with Crippen molar-refractivity contribution in [3.8, 4) is 11.1 Å². The van der Waals surface area contributed by atoms with Gasteiger partial charge >= 0.3 is 6.09 Å². The SMILES string of the molecule is CC.CC.CC1CN(Cc2cccc(-c3ccccc3F)c2)CCN1C(=O)OC(C)(C)C.CCN. The van der Waals surface area contributed by atoms with E-state index < -0.39 is 5.60 Å². The second-order valence-corrected chi connectivity index (χ2v) is 8.85. The van der Waals surface area contributed by atoms with Crippen LogP contribution < -0.4 is 5.73 Å². The number of amides is 1. The quantitative estimate of drug-likeness (QED) is 0.507. The third-order valence-electron chi connectivity index (χ3n) is 4.86. The fraction of sp³-hybridized carbons (Fsp3) is 0.552. The van der Waals surface area contributed by atoms with Gasteiger partial charge in [0, 0.05) is 37.8 Å². The zero-order valence-electron chi connectivity index (χ0n) is 23.4. The van der Waals surface area contributed by atoms with Crippen LogP contribution in [-0.4, -0.2) is 53.7 Å². The maximum Gasteiger partial charge on any atom is 0.410 e. The van der Waals surface area contributed by atoms with E-state index in [1.54, 1.807) is 17.0 Å². The van der Waals surface area contributed by atoms with Crippen LogP contribution in [0.4, 0.5) is 9.18 Å². The first-order valence-corrected chi connectivity index (χ1v) is 12.9. The Morgan fingerprint density at radius 1 is 1.06 bits per heavy atom. The Hall–Kier alpha value is -2.44. The predicted molar refractivity (Wildman–Crippen MR) is 147 cm³/mol. The first-order valence-electron chi connectivity index (χ1n) is 12.9. The Morgan fingerprint density at radius 2 is 1.66 bits per heavy atom. The van der Waals surface area contributed by atoms with Crippen LogP contribution in [0.1, 0.15) is 67.9 Å². The molecule has 3 rings (SSSR count). The van der Waals surface area contributed by atoms with Gasteiger partial charge in [0.1, 0.15) is 11.4 Å². The molecule has 1 aliphatic rings. The third-order valence-corrected chi connectivity index (χ3v) is 4.86. The zero-order chi connectivity index (χ0) is 27.0. The van der Waals surface area contributed by atoms with Crippen LogP contribution >= 0.6 is 0 Å². The van der Waals surface area contributed by atoms with Crippen molar-refractivity contribution in [3.63, 3.8) is 0 Å². The molecule has 0 bridgehead atoms. The first-order chi connectivity index (χ1) is 16.6. The number of rotatable bonds is 3. The van der Waals surface area contributed by atoms with Gasteiger partial charge in [0.2, 0.25) is 0 Å². The molecule has 1 saturated heterocycles. The van der Waals surface area contributed by atoms with Gasteiger partial charge in [-0.3, -0.25) is 4.90 Å². The molecule has 198 valence electrons. The third kappa shape index (κ3) is 11.7. The summed E-state index contributed by atoms with van der Waals surface area (Å²) in [6.45, 7) is 21.3. The van der Waals surface area contributed by atoms with Crippen molar-refractivity contribution in [3.05, 3.63) is 59.9 Å². The molecule has 1 aliphatic heterocycles. The Labute approximate surface area is 213 Å². The number of hydrogen-bond donors (Lipinski definition) is 1. The van der Waals surface area contributed by atoms with Crippen molar-refractivity contribution in [1.29, 1.82) is 0 Å². The Balaban J connectivity index is 0.00000150. The largest absolute Gasteiger partial charge is 0.444 e. The van der Waals surface area contributed by atoms with Gasteiger partial charge in [-0.2, -0.15) is 0 Å². The molecule has 0 saturated carbocycles. The Morgan fingerprint density at radius 3 is 2.20 bits per heavy atom. The Bertz CT molecular complexity index is 852. The van der Waals surface area contributed by atoms with Crippen LogP contribution in [0.15, 0.2) is 48.5 Å². The molecule has 1 unspecified atom stereocenters. The number of benzene rings is 2. The minimum atomic E-state index is -0.485. The van der Waals surface area contributed by atoms with E-state index >= 15 is 0 Å². The number of nitrogens with two attached hydrogens (primary N) is 1. The number of ether oxygens (including phenoxy) is 1. The van der Waals surface area contributed by atoms with Crippen molar-refractivity contribution in [1.82, 2.24) is 9.80 Å². The smallest absolute Gasteiger partial charge is 0.410 e. The second-order valence-electron chi connectivity index (χ2n) is 8.85. The van der Waals surface area contributed by atoms with Gasteiger partial charge < -0.3 is 15.4 Å². The van der Waals surface area contributed by atoms with Crippen molar-refractivity contribution in [2.45, 2.75) is 80.5 Å². The topological polar surface area (TPSA) is 58.8 Å². The van der Waals surface area contributed by atoms with E-state index in [1.807, 2.05) is 86.6 Å². The molecule has 1 fully saturated rings. The predicted octanol–water partition coefficient (Wildman–Crippen LogP) is 6.95. The number of carbonyl (C=O) groups is 1. The molecular weight excluding hydrogens is 441 g/mol. The van der Waals surface area contributed by atoms with Gasteiger partial charge in [0.05, 0.1) is 0 Å². The van der Waals surface area contributed by atoms with E-state index in [0.29, 0.717) is 12.1 Å². The molecule has 2 aromatic rings. The van der Waals surface area contributed by atoms with Crippen molar-refractivity contribution >= 4 is 6.09 Å². The highest BCUT2D eigenvalue weighted by Crippen LogP contribution is 2.24. The van der Waals surface area contributed by atoms with Gasteiger partial charge in [-0.25, -0.2) is 9.18 Å². The maximum atomic E-state index is 14.1. The van der Waals surface area contributed by atoms with Crippen molar-refractivity contribution in [2.24, 2.45) is 5.73 Å². The summed E-state index contributed by atoms with van der Waals surface area (Å²) in [5.74, 6) is -0.209. The summed E-state index contributed by atoms with van der Waals surface area (Å²) in [5.41, 5.74) is 7.00. The molecule has 1 amide bonds. The van der Waals surface area contributed by atoms with Crippen LogP contribution in [0.25, 0.3) is 11.1 Å². The average molecular weight is 490 g/mol. The van der Waals surface area contributed by atoms with E-state index in [9.17, 15) is 9.18 Å². The van der Waals surface area contributed by atoms with Crippen LogP contribution in [0.2, 0.25) is 0 Å². The van der Waals surface area contributed by atoms with E-state index in [4.69, 9.17) is 10.5 Å². The van der Waals surface area contributed by atoms with Gasteiger partial charge in [-0.15, -0.1) is 0 Å². The van der Waals surface area contributed by atoms with E-state index in [1.165, 1.54) is 6.07 Å². The fourth-order valence-corrected chi connectivity index (χ4v) is 3.56. The van der Waals surface area contributed by atoms with Crippen LogP contribution in [-0.2, 0) is 11.3 Å². The van der Waals surface area contributed by atoms with Gasteiger partial charge in [0.25, 0.3) is 0 Å². The molecule has 0 aliphatic carbocycles. The molecule has 6 heteroatoms. The summed E-state index contributed by atoms with van der Waals surface area (Å²) in [4.78, 5) is 16.5. The van der Waals surface area contributed by atoms with Gasteiger partial charge in [-0.05, 0) is 57.5 Å². The van der Waals surface area contributed by atoms with Crippen molar-refractivity contribution < 1.29 is 13.9 Å². The molecule has 0 radical (unpaired) electrons. The second kappa shape index (κ2) is 17.1. The molecule has 0 spiro atoms. The average Bonchev–Trinajstić information content (AvgIpc) is 2.81. The normalized spacial score (nSPS) is 15.4. The van der Waals surface area contributed by atoms with E-state index in [0.717, 1.165) is 37.3 Å². The lowest BCUT2D eigenvalue weighted by Crippen LogP contribution is -2.54. The fourth-order valence-electron chi connectivity index (χ4n) is 3.56. The molecule has 2 N–H and O–H groups in total. The number of hydrogen-bond acceptors (Lipinski definition) is 4. The molecule has 1 heterocycles. The molecular formula is C29H48FN3O2. The van der Waals surface area contributed by atoms with Crippen molar-refractivity contribution in [2.75, 3.05) is 26.2 Å². The lowest BCUT2D eigenvalue weighted by Gasteiger charge is -2.40. The van der Waals surface area contributed by atoms with E-state index in [2.05, 4.69) is 11.0 Å². The highest BCUT2D eigenvalue weighted by Gasteiger charge is 2.30. The summed E-state index contributed by atoms with van der Waals surface area (Å²) in [5, 5.41) is 0. The van der Waals surface area contributed by atoms with E-state index in [-0.39, 0.29) is 18.0 Å². The molecule has 5 nitrogen and oxygen atoms in total. The van der Waals surface area contributed by atoms with Gasteiger partial charge in [0.15, 0.2) is 0 Å². The van der Waals surface area contributed by atoms with Gasteiger partial charge in [-0.1, -0.05) is 71.0 Å². The minimum absolute atomic E-state index is 0.0818. The molecule has 35 heavy (non-hydrogen) atoms. The summed E-state index contributed by atoms with van der Waals surface area (Å²) in [7, 11) is 0. The summed E-state index contributed by atoms with van der Waals surface area (Å²) in [6, 6.07) is 14.9. The number of piperazine rings is 1. The van der Waals surface area contributed by atoms with Crippen LogP contribution in [0, 0.1) is 5.82 Å². The van der Waals surface area contributed by atoms with Crippen LogP contribution in [0.5, 0.6) is 0 Å². The highest BCUT2D eigenvalue weighted by molar-refractivity contribution is 5.68. The number of nitrogens with zero attached hydrogens (tertiary/aromatic N) is 2. The maximum absolute atomic E-state index is 14.1. The lowest BCUT2D eigenvalue weighted by molar-refractivity contribution is 0.000562. The standard InChI is InChI=1S/C23H29FN2O2.C2H7N.2C2H6/c1-17-15-25(12-13-26(17)22(27)28-23(2,3)4)16-18-8-7-9-19(14-18)20-10-5-6-11-21(20)24;1-2-3;2*1-2/h5-11,14,17H,12-13,15-16H2,1-4H3;2-3H2,1H3;2*1-2H3. The molecule has 1 atom stereocenters. The highest BCUT2D eigenvalue weighted by atomic mass is 19.1. The summed E-state index contributed by atoms with van der Waals surface area (Å²) in [6.07, 6.45) is -0.249. The molecule has 0 aromatic heterocycles. The van der Waals surface area contributed by atoms with Crippen LogP contribution in [0.3, 0.4) is 0 Å².